The average molecular weight is 864 g/mol. The molecular weight excluding hydrogens is 781 g/mol. The van der Waals surface area contributed by atoms with Gasteiger partial charge < -0.3 is 38.1 Å². The third-order valence-corrected chi connectivity index (χ3v) is 10.1. The van der Waals surface area contributed by atoms with E-state index in [1.807, 2.05) is 45.4 Å². The molecule has 0 saturated carbocycles. The number of phosphoric acid groups is 1. The van der Waals surface area contributed by atoms with Crippen molar-refractivity contribution in [3.05, 3.63) is 85.1 Å². The Hall–Kier alpha value is -2.89. The van der Waals surface area contributed by atoms with E-state index in [0.717, 1.165) is 44.9 Å². The summed E-state index contributed by atoms with van der Waals surface area (Å²) >= 11 is 0. The SMILES string of the molecule is CC/C=C\C/C=C\C/C=C\C/C=C\C[C@@H](O)[C@H](O)CCCC(=O)O[C@H](COC(=O)CCC/C=C\C/C=C\C/C=C\CCCCCCCC)COP(=O)([O-])OCC[N+](C)(C)C. The molecule has 0 aromatic heterocycles. The summed E-state index contributed by atoms with van der Waals surface area (Å²) in [6.07, 6.45) is 42.2. The second-order valence-electron chi connectivity index (χ2n) is 16.0. The van der Waals surface area contributed by atoms with E-state index in [2.05, 4.69) is 74.6 Å². The Morgan fingerprint density at radius 2 is 1.13 bits per heavy atom. The number of carbonyl (C=O) groups is 2. The lowest BCUT2D eigenvalue weighted by Gasteiger charge is -2.28. The Bertz CT molecular complexity index is 1330. The van der Waals surface area contributed by atoms with Crippen LogP contribution in [0, 0.1) is 0 Å². The van der Waals surface area contributed by atoms with Gasteiger partial charge in [-0.05, 0) is 83.5 Å². The van der Waals surface area contributed by atoms with E-state index in [1.165, 1.54) is 38.5 Å². The maximum Gasteiger partial charge on any atom is 0.306 e. The van der Waals surface area contributed by atoms with Crippen molar-refractivity contribution in [2.45, 2.75) is 161 Å². The zero-order valence-corrected chi connectivity index (χ0v) is 38.7. The topological polar surface area (TPSA) is 152 Å². The van der Waals surface area contributed by atoms with Gasteiger partial charge in [0.2, 0.25) is 0 Å². The lowest BCUT2D eigenvalue weighted by Crippen LogP contribution is -2.37. The van der Waals surface area contributed by atoms with Crippen molar-refractivity contribution < 1.29 is 52.3 Å². The largest absolute Gasteiger partial charge is 0.756 e. The van der Waals surface area contributed by atoms with Crippen LogP contribution in [0.1, 0.15) is 142 Å². The van der Waals surface area contributed by atoms with E-state index in [0.29, 0.717) is 23.9 Å². The van der Waals surface area contributed by atoms with Crippen molar-refractivity contribution in [3.63, 3.8) is 0 Å². The molecule has 0 fully saturated rings. The predicted molar refractivity (Wildman–Crippen MR) is 243 cm³/mol. The Morgan fingerprint density at radius 1 is 0.617 bits per heavy atom. The molecule has 344 valence electrons. The Balaban J connectivity index is 4.70. The third-order valence-electron chi connectivity index (χ3n) is 9.10. The van der Waals surface area contributed by atoms with Gasteiger partial charge in [0.25, 0.3) is 7.82 Å². The fraction of sp³-hybridized carbons (Fsp3) is 0.667. The summed E-state index contributed by atoms with van der Waals surface area (Å²) in [5.74, 6) is -1.19. The second kappa shape index (κ2) is 39.0. The first-order valence-corrected chi connectivity index (χ1v) is 23.9. The summed E-state index contributed by atoms with van der Waals surface area (Å²) in [6, 6.07) is 0. The summed E-state index contributed by atoms with van der Waals surface area (Å²) < 4.78 is 33.6. The molecular formula is C48H82NO10P. The summed E-state index contributed by atoms with van der Waals surface area (Å²) in [4.78, 5) is 37.6. The minimum Gasteiger partial charge on any atom is -0.756 e. The molecule has 0 bridgehead atoms. The molecule has 0 aromatic carbocycles. The number of hydrogen-bond acceptors (Lipinski definition) is 10. The van der Waals surface area contributed by atoms with Gasteiger partial charge >= 0.3 is 11.9 Å². The molecule has 60 heavy (non-hydrogen) atoms. The van der Waals surface area contributed by atoms with Crippen LogP contribution in [0.2, 0.25) is 0 Å². The van der Waals surface area contributed by atoms with Crippen molar-refractivity contribution >= 4 is 19.8 Å². The molecule has 2 N–H and O–H groups in total. The van der Waals surface area contributed by atoms with Gasteiger partial charge in [-0.25, -0.2) is 0 Å². The highest BCUT2D eigenvalue weighted by Gasteiger charge is 2.22. The average Bonchev–Trinajstić information content (AvgIpc) is 3.19. The number of nitrogens with zero attached hydrogens (tertiary/aromatic N) is 1. The number of allylic oxidation sites excluding steroid dienone is 13. The minimum atomic E-state index is -4.72. The molecule has 11 nitrogen and oxygen atoms in total. The van der Waals surface area contributed by atoms with Crippen LogP contribution in [0.4, 0.5) is 0 Å². The zero-order chi connectivity index (χ0) is 44.6. The summed E-state index contributed by atoms with van der Waals surface area (Å²) in [7, 11) is 0.946. The third kappa shape index (κ3) is 40.5. The second-order valence-corrected chi connectivity index (χ2v) is 17.4. The van der Waals surface area contributed by atoms with Crippen LogP contribution in [0.15, 0.2) is 85.1 Å². The van der Waals surface area contributed by atoms with Crippen molar-refractivity contribution in [2.75, 3.05) is 47.5 Å². The number of aliphatic hydroxyl groups is 2. The smallest absolute Gasteiger partial charge is 0.306 e. The minimum absolute atomic E-state index is 0.0956. The normalized spacial score (nSPS) is 15.4. The van der Waals surface area contributed by atoms with Gasteiger partial charge in [0.1, 0.15) is 19.8 Å². The molecule has 0 aromatic rings. The highest BCUT2D eigenvalue weighted by Crippen LogP contribution is 2.38. The monoisotopic (exact) mass is 864 g/mol. The van der Waals surface area contributed by atoms with Crippen LogP contribution in [0.3, 0.4) is 0 Å². The van der Waals surface area contributed by atoms with E-state index in [-0.39, 0.29) is 38.7 Å². The Morgan fingerprint density at radius 3 is 1.72 bits per heavy atom. The molecule has 0 rings (SSSR count). The number of carbonyl (C=O) groups excluding carboxylic acids is 2. The number of aliphatic hydroxyl groups excluding tert-OH is 2. The number of hydrogen-bond donors (Lipinski definition) is 2. The Labute approximate surface area is 364 Å². The molecule has 0 saturated heterocycles. The quantitative estimate of drug-likeness (QED) is 0.0201. The predicted octanol–water partition coefficient (Wildman–Crippen LogP) is 10.1. The molecule has 0 radical (unpaired) electrons. The number of unbranched alkanes of at least 4 members (excludes halogenated alkanes) is 7. The van der Waals surface area contributed by atoms with Crippen LogP contribution >= 0.6 is 7.82 Å². The molecule has 4 atom stereocenters. The lowest BCUT2D eigenvalue weighted by molar-refractivity contribution is -0.870. The fourth-order valence-electron chi connectivity index (χ4n) is 5.46. The number of rotatable bonds is 39. The van der Waals surface area contributed by atoms with Crippen LogP contribution in [-0.4, -0.2) is 92.5 Å². The summed E-state index contributed by atoms with van der Waals surface area (Å²) in [6.45, 7) is 3.68. The van der Waals surface area contributed by atoms with Crippen LogP contribution in [-0.2, 0) is 32.7 Å². The maximum atomic E-state index is 12.7. The Kier molecular flexibility index (Phi) is 37.1. The van der Waals surface area contributed by atoms with Crippen LogP contribution in [0.5, 0.6) is 0 Å². The molecule has 0 spiro atoms. The van der Waals surface area contributed by atoms with Crippen molar-refractivity contribution in [1.29, 1.82) is 0 Å². The van der Waals surface area contributed by atoms with Crippen LogP contribution in [0.25, 0.3) is 0 Å². The van der Waals surface area contributed by atoms with Gasteiger partial charge in [-0.15, -0.1) is 0 Å². The van der Waals surface area contributed by atoms with Crippen molar-refractivity contribution in [3.8, 4) is 0 Å². The van der Waals surface area contributed by atoms with E-state index in [4.69, 9.17) is 18.5 Å². The molecule has 0 aliphatic heterocycles. The summed E-state index contributed by atoms with van der Waals surface area (Å²) in [5.41, 5.74) is 0. The molecule has 0 amide bonds. The van der Waals surface area contributed by atoms with Gasteiger partial charge in [-0.3, -0.25) is 14.2 Å². The van der Waals surface area contributed by atoms with Gasteiger partial charge in [0.05, 0.1) is 40.0 Å². The molecule has 0 heterocycles. The van der Waals surface area contributed by atoms with E-state index < -0.39 is 51.3 Å². The van der Waals surface area contributed by atoms with Crippen LogP contribution < -0.4 is 4.89 Å². The first-order valence-electron chi connectivity index (χ1n) is 22.5. The highest BCUT2D eigenvalue weighted by molar-refractivity contribution is 7.45. The van der Waals surface area contributed by atoms with Gasteiger partial charge in [-0.1, -0.05) is 131 Å². The highest BCUT2D eigenvalue weighted by atomic mass is 31.2. The van der Waals surface area contributed by atoms with Crippen molar-refractivity contribution in [2.24, 2.45) is 0 Å². The van der Waals surface area contributed by atoms with Gasteiger partial charge in [0.15, 0.2) is 6.10 Å². The number of ether oxygens (including phenoxy) is 2. The first kappa shape index (κ1) is 57.1. The molecule has 0 aliphatic carbocycles. The number of phosphoric ester groups is 1. The van der Waals surface area contributed by atoms with E-state index >= 15 is 0 Å². The standard InChI is InChI=1S/C48H82NO10P/c1-6-8-10-12-14-16-18-20-21-22-23-24-26-28-30-32-34-38-47(52)56-42-44(43-58-60(54,55)57-41-40-49(3,4)5)59-48(53)39-35-37-46(51)45(50)36-33-31-29-27-25-19-17-15-13-11-9-7-2/h9,11,15,17,20-21,23-25,27-28,30-31,33,44-46,50-51H,6-8,10,12-14,16,18-19,22,26,29,32,34-43H2,1-5H3/b11-9-,17-15-,21-20-,24-23-,27-25-,30-28-,33-31-/t44-,45-,46-/m1/s1. The van der Waals surface area contributed by atoms with Crippen molar-refractivity contribution in [1.82, 2.24) is 0 Å². The maximum absolute atomic E-state index is 12.7. The van der Waals surface area contributed by atoms with E-state index in [1.54, 1.807) is 0 Å². The van der Waals surface area contributed by atoms with Gasteiger partial charge in [0, 0.05) is 12.8 Å². The molecule has 12 heteroatoms. The fourth-order valence-corrected chi connectivity index (χ4v) is 6.19. The lowest BCUT2D eigenvalue weighted by atomic mass is 10.0. The summed E-state index contributed by atoms with van der Waals surface area (Å²) in [5, 5.41) is 20.8. The molecule has 1 unspecified atom stereocenters. The van der Waals surface area contributed by atoms with E-state index in [9.17, 15) is 29.3 Å². The van der Waals surface area contributed by atoms with Gasteiger partial charge in [-0.2, -0.15) is 0 Å². The number of likely N-dealkylation sites (N-methyl/N-ethyl adjacent to an activating group) is 1. The zero-order valence-electron chi connectivity index (χ0n) is 37.8. The number of esters is 2. The molecule has 0 aliphatic rings. The number of quaternary nitrogens is 1. The first-order chi connectivity index (χ1) is 28.8.